The number of carbonyl (C=O) groups is 2. The Hall–Kier alpha value is -1.14. The van der Waals surface area contributed by atoms with Crippen molar-refractivity contribution in [1.29, 1.82) is 0 Å². The van der Waals surface area contributed by atoms with Crippen LogP contribution < -0.4 is 5.32 Å². The Kier molecular flexibility index (Phi) is 6.92. The van der Waals surface area contributed by atoms with Gasteiger partial charge >= 0.3 is 0 Å². The molecule has 3 atom stereocenters. The zero-order chi connectivity index (χ0) is 18.5. The van der Waals surface area contributed by atoms with Gasteiger partial charge in [0.2, 0.25) is 11.8 Å². The normalized spacial score (nSPS) is 30.6. The lowest BCUT2D eigenvalue weighted by Crippen LogP contribution is -2.53. The van der Waals surface area contributed by atoms with Crippen LogP contribution in [-0.4, -0.2) is 85.4 Å². The molecule has 0 spiro atoms. The molecule has 26 heavy (non-hydrogen) atoms. The first-order valence-electron chi connectivity index (χ1n) is 10.5. The van der Waals surface area contributed by atoms with Crippen LogP contribution in [0.5, 0.6) is 0 Å². The first kappa shape index (κ1) is 19.6. The van der Waals surface area contributed by atoms with Crippen LogP contribution in [0.4, 0.5) is 0 Å². The van der Waals surface area contributed by atoms with E-state index >= 15 is 0 Å². The molecular formula is C20H36N4O2. The summed E-state index contributed by atoms with van der Waals surface area (Å²) < 4.78 is 0. The van der Waals surface area contributed by atoms with Crippen LogP contribution in [-0.2, 0) is 9.59 Å². The van der Waals surface area contributed by atoms with Gasteiger partial charge in [0.25, 0.3) is 0 Å². The Morgan fingerprint density at radius 2 is 1.65 bits per heavy atom. The smallest absolute Gasteiger partial charge is 0.236 e. The van der Waals surface area contributed by atoms with Crippen molar-refractivity contribution < 1.29 is 9.59 Å². The lowest BCUT2D eigenvalue weighted by Gasteiger charge is -2.38. The Labute approximate surface area is 158 Å². The number of piperazine rings is 1. The average molecular weight is 365 g/mol. The van der Waals surface area contributed by atoms with Gasteiger partial charge in [0, 0.05) is 45.7 Å². The molecule has 0 saturated carbocycles. The maximum atomic E-state index is 12.6. The number of carbonyl (C=O) groups excluding carboxylic acids is 2. The van der Waals surface area contributed by atoms with Gasteiger partial charge in [0.05, 0.1) is 6.54 Å². The first-order chi connectivity index (χ1) is 12.5. The molecule has 0 aromatic carbocycles. The standard InChI is InChI=1S/C20H36N4O2/c1-16-11-17(2)14-24(13-16)20(26)15-22-7-9-23(10-8-22)19(25)4-3-18-5-6-21-12-18/h16-18,21H,3-15H2,1-2H3. The van der Waals surface area contributed by atoms with Gasteiger partial charge in [-0.2, -0.15) is 0 Å². The molecule has 6 nitrogen and oxygen atoms in total. The molecule has 3 aliphatic heterocycles. The van der Waals surface area contributed by atoms with E-state index in [0.717, 1.165) is 58.8 Å². The van der Waals surface area contributed by atoms with Gasteiger partial charge in [0.15, 0.2) is 0 Å². The van der Waals surface area contributed by atoms with Crippen LogP contribution >= 0.6 is 0 Å². The quantitative estimate of drug-likeness (QED) is 0.792. The summed E-state index contributed by atoms with van der Waals surface area (Å²) in [7, 11) is 0. The molecule has 0 aromatic heterocycles. The molecule has 3 heterocycles. The van der Waals surface area contributed by atoms with Crippen LogP contribution in [0.1, 0.15) is 39.5 Å². The molecule has 3 fully saturated rings. The highest BCUT2D eigenvalue weighted by Gasteiger charge is 2.28. The van der Waals surface area contributed by atoms with Crippen molar-refractivity contribution in [2.45, 2.75) is 39.5 Å². The van der Waals surface area contributed by atoms with Gasteiger partial charge in [-0.15, -0.1) is 0 Å². The minimum absolute atomic E-state index is 0.261. The van der Waals surface area contributed by atoms with Crippen LogP contribution in [0.15, 0.2) is 0 Å². The Morgan fingerprint density at radius 3 is 2.27 bits per heavy atom. The second-order valence-corrected chi connectivity index (χ2v) is 8.80. The zero-order valence-corrected chi connectivity index (χ0v) is 16.6. The summed E-state index contributed by atoms with van der Waals surface area (Å²) in [6.07, 6.45) is 4.11. The maximum Gasteiger partial charge on any atom is 0.236 e. The molecule has 1 N–H and O–H groups in total. The fourth-order valence-electron chi connectivity index (χ4n) is 4.76. The zero-order valence-electron chi connectivity index (χ0n) is 16.6. The molecule has 2 amide bonds. The van der Waals surface area contributed by atoms with Crippen molar-refractivity contribution in [3.05, 3.63) is 0 Å². The third-order valence-corrected chi connectivity index (χ3v) is 6.23. The van der Waals surface area contributed by atoms with Gasteiger partial charge in [-0.3, -0.25) is 14.5 Å². The molecule has 3 unspecified atom stereocenters. The van der Waals surface area contributed by atoms with Crippen molar-refractivity contribution in [2.24, 2.45) is 17.8 Å². The minimum Gasteiger partial charge on any atom is -0.341 e. The molecule has 6 heteroatoms. The largest absolute Gasteiger partial charge is 0.341 e. The van der Waals surface area contributed by atoms with Crippen LogP contribution in [0.2, 0.25) is 0 Å². The second-order valence-electron chi connectivity index (χ2n) is 8.80. The van der Waals surface area contributed by atoms with Crippen LogP contribution in [0.3, 0.4) is 0 Å². The summed E-state index contributed by atoms with van der Waals surface area (Å²) in [5, 5.41) is 3.36. The predicted molar refractivity (Wildman–Crippen MR) is 103 cm³/mol. The summed E-state index contributed by atoms with van der Waals surface area (Å²) in [5.74, 6) is 2.44. The van der Waals surface area contributed by atoms with E-state index < -0.39 is 0 Å². The highest BCUT2D eigenvalue weighted by atomic mass is 16.2. The van der Waals surface area contributed by atoms with Gasteiger partial charge in [-0.1, -0.05) is 13.8 Å². The fourth-order valence-corrected chi connectivity index (χ4v) is 4.76. The molecule has 3 saturated heterocycles. The van der Waals surface area contributed by atoms with Gasteiger partial charge < -0.3 is 15.1 Å². The number of likely N-dealkylation sites (tertiary alicyclic amines) is 1. The van der Waals surface area contributed by atoms with Gasteiger partial charge in [-0.05, 0) is 50.1 Å². The van der Waals surface area contributed by atoms with E-state index in [4.69, 9.17) is 0 Å². The van der Waals surface area contributed by atoms with Crippen molar-refractivity contribution in [3.63, 3.8) is 0 Å². The van der Waals surface area contributed by atoms with E-state index in [1.54, 1.807) is 0 Å². The second kappa shape index (κ2) is 9.18. The Balaban J connectivity index is 1.36. The van der Waals surface area contributed by atoms with E-state index in [1.165, 1.54) is 12.8 Å². The van der Waals surface area contributed by atoms with Gasteiger partial charge in [0.1, 0.15) is 0 Å². The van der Waals surface area contributed by atoms with Gasteiger partial charge in [-0.25, -0.2) is 0 Å². The minimum atomic E-state index is 0.261. The Bertz CT molecular complexity index is 474. The molecule has 148 valence electrons. The molecule has 0 aliphatic carbocycles. The predicted octanol–water partition coefficient (Wildman–Crippen LogP) is 1.02. The van der Waals surface area contributed by atoms with Crippen molar-refractivity contribution in [2.75, 3.05) is 58.9 Å². The van der Waals surface area contributed by atoms with Crippen molar-refractivity contribution in [1.82, 2.24) is 20.0 Å². The maximum absolute atomic E-state index is 12.6. The van der Waals surface area contributed by atoms with E-state index in [2.05, 4.69) is 24.1 Å². The summed E-state index contributed by atoms with van der Waals surface area (Å²) >= 11 is 0. The van der Waals surface area contributed by atoms with Crippen LogP contribution in [0.25, 0.3) is 0 Å². The van der Waals surface area contributed by atoms with E-state index in [0.29, 0.717) is 36.6 Å². The van der Waals surface area contributed by atoms with E-state index in [1.807, 2.05) is 9.80 Å². The number of amides is 2. The summed E-state index contributed by atoms with van der Waals surface area (Å²) in [6.45, 7) is 12.1. The van der Waals surface area contributed by atoms with E-state index in [9.17, 15) is 9.59 Å². The summed E-state index contributed by atoms with van der Waals surface area (Å²) in [5.41, 5.74) is 0. The third kappa shape index (κ3) is 5.43. The van der Waals surface area contributed by atoms with E-state index in [-0.39, 0.29) is 5.91 Å². The van der Waals surface area contributed by atoms with Crippen LogP contribution in [0, 0.1) is 17.8 Å². The summed E-state index contributed by atoms with van der Waals surface area (Å²) in [4.78, 5) is 31.3. The number of nitrogens with one attached hydrogen (secondary N) is 1. The molecule has 3 aliphatic rings. The number of rotatable bonds is 5. The lowest BCUT2D eigenvalue weighted by atomic mass is 9.92. The molecule has 0 radical (unpaired) electrons. The average Bonchev–Trinajstić information content (AvgIpc) is 3.13. The number of hydrogen-bond donors (Lipinski definition) is 1. The molecule has 0 bridgehead atoms. The van der Waals surface area contributed by atoms with Crippen molar-refractivity contribution in [3.8, 4) is 0 Å². The SMILES string of the molecule is CC1CC(C)CN(C(=O)CN2CCN(C(=O)CCC3CCNC3)CC2)C1. The Morgan fingerprint density at radius 1 is 0.962 bits per heavy atom. The third-order valence-electron chi connectivity index (χ3n) is 6.23. The lowest BCUT2D eigenvalue weighted by molar-refractivity contribution is -0.137. The van der Waals surface area contributed by atoms with Crippen molar-refractivity contribution >= 4 is 11.8 Å². The topological polar surface area (TPSA) is 55.9 Å². The molecule has 0 aromatic rings. The fraction of sp³-hybridized carbons (Fsp3) is 0.900. The summed E-state index contributed by atoms with van der Waals surface area (Å²) in [6, 6.07) is 0. The molecule has 3 rings (SSSR count). The molecular weight excluding hydrogens is 328 g/mol. The highest BCUT2D eigenvalue weighted by molar-refractivity contribution is 5.78. The number of nitrogens with zero attached hydrogens (tertiary/aromatic N) is 3. The number of hydrogen-bond acceptors (Lipinski definition) is 4. The number of piperidine rings is 1. The first-order valence-corrected chi connectivity index (χ1v) is 10.5. The highest BCUT2D eigenvalue weighted by Crippen LogP contribution is 2.21. The monoisotopic (exact) mass is 364 g/mol.